The van der Waals surface area contributed by atoms with Gasteiger partial charge < -0.3 is 9.80 Å². The molecule has 0 atom stereocenters. The highest BCUT2D eigenvalue weighted by molar-refractivity contribution is 7.92. The molecule has 0 unspecified atom stereocenters. The van der Waals surface area contributed by atoms with E-state index in [1.807, 2.05) is 23.1 Å². The van der Waals surface area contributed by atoms with Crippen LogP contribution in [0.3, 0.4) is 0 Å². The Balaban J connectivity index is 1.44. The second-order valence-electron chi connectivity index (χ2n) is 7.04. The molecule has 2 aromatic rings. The van der Waals surface area contributed by atoms with Gasteiger partial charge >= 0.3 is 0 Å². The standard InChI is InChI=1S/C19H21ClN4O3S/c1-28(26,27)24-7-6-14-12-15(2-4-17(14)24)19(25)23-10-8-22(9-11-23)18-5-3-16(20)13-21-18/h2-5,12-13H,6-11H2,1H3. The number of hydrogen-bond acceptors (Lipinski definition) is 5. The van der Waals surface area contributed by atoms with Crippen molar-refractivity contribution >= 4 is 39.0 Å². The maximum atomic E-state index is 12.9. The Morgan fingerprint density at radius 1 is 1.07 bits per heavy atom. The lowest BCUT2D eigenvalue weighted by molar-refractivity contribution is 0.0746. The van der Waals surface area contributed by atoms with Crippen LogP contribution in [-0.2, 0) is 16.4 Å². The highest BCUT2D eigenvalue weighted by atomic mass is 35.5. The van der Waals surface area contributed by atoms with Crippen molar-refractivity contribution < 1.29 is 13.2 Å². The van der Waals surface area contributed by atoms with Crippen molar-refractivity contribution in [1.82, 2.24) is 9.88 Å². The van der Waals surface area contributed by atoms with Crippen molar-refractivity contribution in [3.05, 3.63) is 52.7 Å². The fourth-order valence-corrected chi connectivity index (χ4v) is 4.80. The van der Waals surface area contributed by atoms with Crippen LogP contribution < -0.4 is 9.21 Å². The summed E-state index contributed by atoms with van der Waals surface area (Å²) in [5.41, 5.74) is 2.19. The zero-order valence-electron chi connectivity index (χ0n) is 15.5. The second kappa shape index (κ2) is 7.25. The maximum Gasteiger partial charge on any atom is 0.253 e. The largest absolute Gasteiger partial charge is 0.353 e. The minimum absolute atomic E-state index is 0.0238. The topological polar surface area (TPSA) is 73.8 Å². The van der Waals surface area contributed by atoms with Crippen molar-refractivity contribution in [2.75, 3.05) is 48.2 Å². The summed E-state index contributed by atoms with van der Waals surface area (Å²) in [5, 5.41) is 0.601. The number of nitrogens with zero attached hydrogens (tertiary/aromatic N) is 4. The molecule has 4 rings (SSSR count). The quantitative estimate of drug-likeness (QED) is 0.759. The Morgan fingerprint density at radius 3 is 2.46 bits per heavy atom. The molecule has 28 heavy (non-hydrogen) atoms. The lowest BCUT2D eigenvalue weighted by atomic mass is 10.1. The number of halogens is 1. The number of carbonyl (C=O) groups excluding carboxylic acids is 1. The van der Waals surface area contributed by atoms with Gasteiger partial charge in [-0.05, 0) is 42.3 Å². The highest BCUT2D eigenvalue weighted by Crippen LogP contribution is 2.31. The molecule has 2 aliphatic rings. The molecule has 9 heteroatoms. The SMILES string of the molecule is CS(=O)(=O)N1CCc2cc(C(=O)N3CCN(c4ccc(Cl)cn4)CC3)ccc21. The average Bonchev–Trinajstić information content (AvgIpc) is 3.12. The minimum atomic E-state index is -3.29. The van der Waals surface area contributed by atoms with Crippen molar-refractivity contribution in [2.45, 2.75) is 6.42 Å². The Morgan fingerprint density at radius 2 is 1.82 bits per heavy atom. The normalized spacial score (nSPS) is 17.0. The predicted octanol–water partition coefficient (Wildman–Crippen LogP) is 2.02. The fraction of sp³-hybridized carbons (Fsp3) is 0.368. The van der Waals surface area contributed by atoms with Crippen molar-refractivity contribution in [3.63, 3.8) is 0 Å². The zero-order chi connectivity index (χ0) is 19.9. The van der Waals surface area contributed by atoms with Gasteiger partial charge in [0.1, 0.15) is 5.82 Å². The smallest absolute Gasteiger partial charge is 0.253 e. The third-order valence-electron chi connectivity index (χ3n) is 5.18. The van der Waals surface area contributed by atoms with Crippen LogP contribution in [0.2, 0.25) is 5.02 Å². The zero-order valence-corrected chi connectivity index (χ0v) is 17.1. The molecule has 148 valence electrons. The van der Waals surface area contributed by atoms with Crippen LogP contribution in [0.5, 0.6) is 0 Å². The Kier molecular flexibility index (Phi) is 4.93. The third kappa shape index (κ3) is 3.66. The first kappa shape index (κ1) is 19.0. The molecule has 1 saturated heterocycles. The molecule has 0 aliphatic carbocycles. The first-order valence-electron chi connectivity index (χ1n) is 9.09. The van der Waals surface area contributed by atoms with Crippen LogP contribution in [0, 0.1) is 0 Å². The molecule has 1 aromatic heterocycles. The summed E-state index contributed by atoms with van der Waals surface area (Å²) in [4.78, 5) is 21.2. The Bertz CT molecular complexity index is 1000. The molecule has 0 bridgehead atoms. The molecular formula is C19H21ClN4O3S. The van der Waals surface area contributed by atoms with E-state index >= 15 is 0 Å². The number of amides is 1. The van der Waals surface area contributed by atoms with Crippen LogP contribution in [0.25, 0.3) is 0 Å². The van der Waals surface area contributed by atoms with Gasteiger partial charge in [-0.1, -0.05) is 11.6 Å². The molecule has 0 radical (unpaired) electrons. The van der Waals surface area contributed by atoms with Gasteiger partial charge in [0, 0.05) is 44.5 Å². The molecule has 1 aromatic carbocycles. The molecule has 0 spiro atoms. The van der Waals surface area contributed by atoms with Crippen LogP contribution in [0.4, 0.5) is 11.5 Å². The fourth-order valence-electron chi connectivity index (χ4n) is 3.73. The van der Waals surface area contributed by atoms with E-state index in [2.05, 4.69) is 9.88 Å². The average molecular weight is 421 g/mol. The summed E-state index contributed by atoms with van der Waals surface area (Å²) in [6.45, 7) is 3.05. The monoisotopic (exact) mass is 420 g/mol. The van der Waals surface area contributed by atoms with Gasteiger partial charge in [-0.15, -0.1) is 0 Å². The van der Waals surface area contributed by atoms with Crippen molar-refractivity contribution in [3.8, 4) is 0 Å². The van der Waals surface area contributed by atoms with Gasteiger partial charge in [-0.2, -0.15) is 0 Å². The number of sulfonamides is 1. The van der Waals surface area contributed by atoms with Gasteiger partial charge in [0.2, 0.25) is 10.0 Å². The van der Waals surface area contributed by atoms with Gasteiger partial charge in [0.15, 0.2) is 0 Å². The van der Waals surface area contributed by atoms with E-state index in [1.165, 1.54) is 10.6 Å². The molecule has 2 aliphatic heterocycles. The van der Waals surface area contributed by atoms with E-state index in [4.69, 9.17) is 11.6 Å². The highest BCUT2D eigenvalue weighted by Gasteiger charge is 2.28. The van der Waals surface area contributed by atoms with Gasteiger partial charge in [-0.25, -0.2) is 13.4 Å². The van der Waals surface area contributed by atoms with Crippen molar-refractivity contribution in [1.29, 1.82) is 0 Å². The number of pyridine rings is 1. The van der Waals surface area contributed by atoms with Crippen molar-refractivity contribution in [2.24, 2.45) is 0 Å². The Hall–Kier alpha value is -2.32. The van der Waals surface area contributed by atoms with Crippen LogP contribution in [0.15, 0.2) is 36.5 Å². The summed E-state index contributed by atoms with van der Waals surface area (Å²) >= 11 is 5.89. The van der Waals surface area contributed by atoms with E-state index < -0.39 is 10.0 Å². The van der Waals surface area contributed by atoms with E-state index in [9.17, 15) is 13.2 Å². The summed E-state index contributed by atoms with van der Waals surface area (Å²) in [6, 6.07) is 8.98. The number of rotatable bonds is 3. The number of anilines is 2. The summed E-state index contributed by atoms with van der Waals surface area (Å²) in [7, 11) is -3.29. The molecule has 0 saturated carbocycles. The number of piperazine rings is 1. The lowest BCUT2D eigenvalue weighted by Crippen LogP contribution is -2.49. The molecule has 1 amide bonds. The molecular weight excluding hydrogens is 400 g/mol. The van der Waals surface area contributed by atoms with E-state index in [0.717, 1.165) is 11.4 Å². The molecule has 7 nitrogen and oxygen atoms in total. The minimum Gasteiger partial charge on any atom is -0.353 e. The van der Waals surface area contributed by atoms with E-state index in [-0.39, 0.29) is 5.91 Å². The van der Waals surface area contributed by atoms with Crippen LogP contribution in [0.1, 0.15) is 15.9 Å². The number of hydrogen-bond donors (Lipinski definition) is 0. The number of carbonyl (C=O) groups is 1. The second-order valence-corrected chi connectivity index (χ2v) is 9.39. The number of benzene rings is 1. The Labute approximate surface area is 169 Å². The number of aromatic nitrogens is 1. The first-order chi connectivity index (χ1) is 13.3. The van der Waals surface area contributed by atoms with E-state index in [1.54, 1.807) is 18.3 Å². The van der Waals surface area contributed by atoms with E-state index in [0.29, 0.717) is 55.4 Å². The van der Waals surface area contributed by atoms with Gasteiger partial charge in [0.25, 0.3) is 5.91 Å². The molecule has 0 N–H and O–H groups in total. The summed E-state index contributed by atoms with van der Waals surface area (Å²) in [5.74, 6) is 0.833. The predicted molar refractivity (Wildman–Crippen MR) is 110 cm³/mol. The number of fused-ring (bicyclic) bond motifs is 1. The summed E-state index contributed by atoms with van der Waals surface area (Å²) in [6.07, 6.45) is 3.45. The van der Waals surface area contributed by atoms with Gasteiger partial charge in [-0.3, -0.25) is 9.10 Å². The maximum absolute atomic E-state index is 12.9. The molecule has 1 fully saturated rings. The van der Waals surface area contributed by atoms with Crippen LogP contribution in [-0.4, -0.2) is 63.2 Å². The first-order valence-corrected chi connectivity index (χ1v) is 11.3. The van der Waals surface area contributed by atoms with Gasteiger partial charge in [0.05, 0.1) is 17.0 Å². The lowest BCUT2D eigenvalue weighted by Gasteiger charge is -2.35. The summed E-state index contributed by atoms with van der Waals surface area (Å²) < 4.78 is 25.1. The molecule has 3 heterocycles. The van der Waals surface area contributed by atoms with Crippen LogP contribution >= 0.6 is 11.6 Å². The third-order valence-corrected chi connectivity index (χ3v) is 6.59.